The molecule has 4 aromatic rings. The number of aromatic nitrogens is 3. The van der Waals surface area contributed by atoms with E-state index in [1.54, 1.807) is 30.3 Å². The Labute approximate surface area is 229 Å². The lowest BCUT2D eigenvalue weighted by atomic mass is 9.92. The van der Waals surface area contributed by atoms with Gasteiger partial charge in [-0.3, -0.25) is 0 Å². The van der Waals surface area contributed by atoms with E-state index in [1.807, 2.05) is 38.2 Å². The van der Waals surface area contributed by atoms with Crippen molar-refractivity contribution in [1.29, 1.82) is 0 Å². The van der Waals surface area contributed by atoms with Crippen LogP contribution in [0.5, 0.6) is 5.19 Å². The number of nitrogens with zero attached hydrogens (tertiary/aromatic N) is 4. The van der Waals surface area contributed by atoms with Gasteiger partial charge in [0.2, 0.25) is 0 Å². The SMILES string of the molecule is C=Cc1ccc(N2CCC(C(C)Oc3nc4ccc(-c5ccc(S(C)(=O)=O)cc5)nc4s3)CC2)nc1.CC. The minimum atomic E-state index is -3.23. The van der Waals surface area contributed by atoms with Crippen LogP contribution in [-0.2, 0) is 9.84 Å². The van der Waals surface area contributed by atoms with Crippen LogP contribution in [0.3, 0.4) is 0 Å². The molecule has 1 fully saturated rings. The number of hydrogen-bond donors (Lipinski definition) is 0. The number of fused-ring (bicyclic) bond motifs is 1. The fourth-order valence-corrected chi connectivity index (χ4v) is 5.94. The predicted molar refractivity (Wildman–Crippen MR) is 157 cm³/mol. The molecule has 1 aromatic carbocycles. The van der Waals surface area contributed by atoms with Gasteiger partial charge in [0.05, 0.1) is 10.6 Å². The van der Waals surface area contributed by atoms with Crippen LogP contribution in [0.4, 0.5) is 5.82 Å². The van der Waals surface area contributed by atoms with Gasteiger partial charge in [-0.05, 0) is 67.6 Å². The molecule has 3 aromatic heterocycles. The highest BCUT2D eigenvalue weighted by Gasteiger charge is 2.26. The summed E-state index contributed by atoms with van der Waals surface area (Å²) in [6.45, 7) is 11.8. The second-order valence-electron chi connectivity index (χ2n) is 9.10. The van der Waals surface area contributed by atoms with Crippen molar-refractivity contribution in [3.63, 3.8) is 0 Å². The molecule has 1 saturated heterocycles. The summed E-state index contributed by atoms with van der Waals surface area (Å²) in [5, 5.41) is 0.624. The van der Waals surface area contributed by atoms with Crippen molar-refractivity contribution in [2.24, 2.45) is 5.92 Å². The molecule has 0 spiro atoms. The minimum Gasteiger partial charge on any atom is -0.467 e. The lowest BCUT2D eigenvalue weighted by Gasteiger charge is -2.35. The number of piperidine rings is 1. The molecule has 7 nitrogen and oxygen atoms in total. The van der Waals surface area contributed by atoms with Gasteiger partial charge in [-0.1, -0.05) is 50.0 Å². The summed E-state index contributed by atoms with van der Waals surface area (Å²) in [6, 6.07) is 14.7. The molecule has 0 radical (unpaired) electrons. The lowest BCUT2D eigenvalue weighted by molar-refractivity contribution is 0.132. The molecular formula is C29H34N4O3S2. The third kappa shape index (κ3) is 6.39. The van der Waals surface area contributed by atoms with Gasteiger partial charge in [0.25, 0.3) is 5.19 Å². The average Bonchev–Trinajstić information content (AvgIpc) is 3.35. The standard InChI is InChI=1S/C27H28N4O3S2.C2H6/c1-4-19-5-12-25(28-17-19)31-15-13-20(14-16-31)18(2)34-27-30-24-11-10-23(29-26(24)35-27)21-6-8-22(9-7-21)36(3,32)33;1-2/h4-12,17-18,20H,1,13-16H2,2-3H3;1-2H3. The van der Waals surface area contributed by atoms with E-state index in [-0.39, 0.29) is 6.10 Å². The third-order valence-electron chi connectivity index (χ3n) is 6.63. The summed E-state index contributed by atoms with van der Waals surface area (Å²) in [5.74, 6) is 1.45. The summed E-state index contributed by atoms with van der Waals surface area (Å²) in [7, 11) is -3.23. The van der Waals surface area contributed by atoms with E-state index in [2.05, 4.69) is 34.4 Å². The Morgan fingerprint density at radius 3 is 2.37 bits per heavy atom. The first kappa shape index (κ1) is 27.7. The normalized spacial score (nSPS) is 15.0. The molecule has 1 atom stereocenters. The van der Waals surface area contributed by atoms with Crippen molar-refractivity contribution in [2.75, 3.05) is 24.2 Å². The highest BCUT2D eigenvalue weighted by Crippen LogP contribution is 2.32. The summed E-state index contributed by atoms with van der Waals surface area (Å²) in [5.41, 5.74) is 3.45. The van der Waals surface area contributed by atoms with E-state index in [4.69, 9.17) is 9.72 Å². The number of benzene rings is 1. The number of pyridine rings is 2. The maximum Gasteiger partial charge on any atom is 0.276 e. The van der Waals surface area contributed by atoms with Gasteiger partial charge in [0.1, 0.15) is 22.3 Å². The summed E-state index contributed by atoms with van der Waals surface area (Å²) in [6.07, 6.45) is 6.97. The zero-order valence-corrected chi connectivity index (χ0v) is 23.9. The summed E-state index contributed by atoms with van der Waals surface area (Å²) >= 11 is 1.44. The van der Waals surface area contributed by atoms with Crippen LogP contribution in [0.15, 0.2) is 66.2 Å². The number of anilines is 1. The van der Waals surface area contributed by atoms with E-state index in [0.717, 1.165) is 58.9 Å². The van der Waals surface area contributed by atoms with Crippen molar-refractivity contribution in [3.05, 3.63) is 66.9 Å². The molecule has 5 rings (SSSR count). The lowest BCUT2D eigenvalue weighted by Crippen LogP contribution is -2.39. The van der Waals surface area contributed by atoms with Gasteiger partial charge in [0, 0.05) is 31.1 Å². The number of hydrogen-bond acceptors (Lipinski definition) is 8. The molecule has 1 aliphatic heterocycles. The monoisotopic (exact) mass is 550 g/mol. The largest absolute Gasteiger partial charge is 0.467 e. The van der Waals surface area contributed by atoms with E-state index in [1.165, 1.54) is 17.6 Å². The predicted octanol–water partition coefficient (Wildman–Crippen LogP) is 6.51. The highest BCUT2D eigenvalue weighted by molar-refractivity contribution is 7.90. The Morgan fingerprint density at radius 2 is 1.76 bits per heavy atom. The van der Waals surface area contributed by atoms with Crippen LogP contribution >= 0.6 is 11.3 Å². The number of sulfone groups is 1. The van der Waals surface area contributed by atoms with Gasteiger partial charge < -0.3 is 9.64 Å². The molecule has 1 unspecified atom stereocenters. The molecule has 1 aliphatic rings. The van der Waals surface area contributed by atoms with Crippen LogP contribution in [0.2, 0.25) is 0 Å². The number of thiazole rings is 1. The summed E-state index contributed by atoms with van der Waals surface area (Å²) in [4.78, 5) is 17.3. The van der Waals surface area contributed by atoms with Crippen molar-refractivity contribution >= 4 is 43.4 Å². The van der Waals surface area contributed by atoms with E-state index in [0.29, 0.717) is 16.0 Å². The second-order valence-corrected chi connectivity index (χ2v) is 12.1. The Hall–Kier alpha value is -3.30. The van der Waals surface area contributed by atoms with Crippen LogP contribution in [0.25, 0.3) is 27.7 Å². The van der Waals surface area contributed by atoms with Crippen molar-refractivity contribution in [3.8, 4) is 16.5 Å². The topological polar surface area (TPSA) is 85.3 Å². The average molecular weight is 551 g/mol. The fraction of sp³-hybridized carbons (Fsp3) is 0.345. The number of ether oxygens (including phenoxy) is 1. The Morgan fingerprint density at radius 1 is 1.05 bits per heavy atom. The van der Waals surface area contributed by atoms with Gasteiger partial charge in [0.15, 0.2) is 9.84 Å². The Kier molecular flexibility index (Phi) is 8.79. The van der Waals surface area contributed by atoms with Crippen molar-refractivity contribution in [2.45, 2.75) is 44.6 Å². The van der Waals surface area contributed by atoms with Crippen LogP contribution in [0.1, 0.15) is 39.2 Å². The molecule has 200 valence electrons. The van der Waals surface area contributed by atoms with Gasteiger partial charge in [-0.2, -0.15) is 0 Å². The molecule has 38 heavy (non-hydrogen) atoms. The smallest absolute Gasteiger partial charge is 0.276 e. The maximum atomic E-state index is 11.7. The molecule has 0 amide bonds. The van der Waals surface area contributed by atoms with E-state index < -0.39 is 9.84 Å². The first-order chi connectivity index (χ1) is 18.3. The molecule has 0 N–H and O–H groups in total. The van der Waals surface area contributed by atoms with Gasteiger partial charge in [-0.15, -0.1) is 0 Å². The van der Waals surface area contributed by atoms with Crippen LogP contribution in [0, 0.1) is 5.92 Å². The first-order valence-corrected chi connectivity index (χ1v) is 15.6. The highest BCUT2D eigenvalue weighted by atomic mass is 32.2. The van der Waals surface area contributed by atoms with Gasteiger partial charge in [-0.25, -0.2) is 23.4 Å². The molecule has 0 saturated carbocycles. The molecular weight excluding hydrogens is 516 g/mol. The summed E-state index contributed by atoms with van der Waals surface area (Å²) < 4.78 is 29.7. The second kappa shape index (κ2) is 12.0. The van der Waals surface area contributed by atoms with Crippen molar-refractivity contribution < 1.29 is 13.2 Å². The van der Waals surface area contributed by atoms with E-state index in [9.17, 15) is 8.42 Å². The first-order valence-electron chi connectivity index (χ1n) is 12.9. The quantitative estimate of drug-likeness (QED) is 0.259. The van der Waals surface area contributed by atoms with Gasteiger partial charge >= 0.3 is 0 Å². The van der Waals surface area contributed by atoms with E-state index >= 15 is 0 Å². The third-order valence-corrected chi connectivity index (χ3v) is 8.62. The van der Waals surface area contributed by atoms with Crippen molar-refractivity contribution in [1.82, 2.24) is 15.0 Å². The maximum absolute atomic E-state index is 11.7. The fourth-order valence-electron chi connectivity index (χ4n) is 4.44. The Bertz CT molecular complexity index is 1470. The van der Waals surface area contributed by atoms with Crippen LogP contribution < -0.4 is 9.64 Å². The Balaban J connectivity index is 0.00000164. The zero-order chi connectivity index (χ0) is 27.3. The molecule has 4 heterocycles. The molecule has 9 heteroatoms. The minimum absolute atomic E-state index is 0.0480. The number of rotatable bonds is 7. The molecule has 0 aliphatic carbocycles. The molecule has 0 bridgehead atoms. The van der Waals surface area contributed by atoms with Crippen LogP contribution in [-0.4, -0.2) is 48.8 Å². The zero-order valence-electron chi connectivity index (χ0n) is 22.3.